The lowest BCUT2D eigenvalue weighted by atomic mass is 10.0. The van der Waals surface area contributed by atoms with E-state index in [4.69, 9.17) is 5.11 Å². The molecule has 1 aromatic carbocycles. The van der Waals surface area contributed by atoms with Crippen LogP contribution in [-0.4, -0.2) is 40.8 Å². The van der Waals surface area contributed by atoms with Crippen LogP contribution in [0.25, 0.3) is 0 Å². The van der Waals surface area contributed by atoms with Gasteiger partial charge in [0.15, 0.2) is 0 Å². The van der Waals surface area contributed by atoms with Gasteiger partial charge in [0.25, 0.3) is 5.91 Å². The second-order valence-corrected chi connectivity index (χ2v) is 5.73. The van der Waals surface area contributed by atoms with Gasteiger partial charge in [-0.1, -0.05) is 24.3 Å². The summed E-state index contributed by atoms with van der Waals surface area (Å²) in [4.78, 5) is 37.7. The molecule has 1 heterocycles. The van der Waals surface area contributed by atoms with Gasteiger partial charge in [-0.15, -0.1) is 11.3 Å². The van der Waals surface area contributed by atoms with E-state index in [2.05, 4.69) is 0 Å². The largest absolute Gasteiger partial charge is 0.480 e. The van der Waals surface area contributed by atoms with Gasteiger partial charge < -0.3 is 10.0 Å². The molecule has 2 rings (SSSR count). The maximum absolute atomic E-state index is 12.5. The molecule has 1 aromatic heterocycles. The van der Waals surface area contributed by atoms with E-state index in [1.165, 1.54) is 31.4 Å². The van der Waals surface area contributed by atoms with Crippen LogP contribution in [0.5, 0.6) is 0 Å². The fraction of sp³-hybridized carbons (Fsp3) is 0.188. The molecule has 1 atom stereocenters. The lowest BCUT2D eigenvalue weighted by Crippen LogP contribution is -2.40. The molecule has 0 aliphatic carbocycles. The number of hydrogen-bond donors (Lipinski definition) is 1. The number of thiophene rings is 1. The van der Waals surface area contributed by atoms with E-state index in [1.54, 1.807) is 35.7 Å². The van der Waals surface area contributed by atoms with E-state index in [9.17, 15) is 14.4 Å². The Morgan fingerprint density at radius 1 is 1.09 bits per heavy atom. The summed E-state index contributed by atoms with van der Waals surface area (Å²) in [6, 6.07) is 8.93. The predicted octanol–water partition coefficient (Wildman–Crippen LogP) is 2.52. The fourth-order valence-corrected chi connectivity index (χ4v) is 2.62. The Labute approximate surface area is 131 Å². The van der Waals surface area contributed by atoms with Crippen LogP contribution in [-0.2, 0) is 4.79 Å². The Bertz CT molecular complexity index is 709. The molecule has 114 valence electrons. The number of carbonyl (C=O) groups excluding carboxylic acids is 2. The summed E-state index contributed by atoms with van der Waals surface area (Å²) in [6.45, 7) is 1.42. The molecule has 1 amide bonds. The number of carbonyl (C=O) groups is 3. The lowest BCUT2D eigenvalue weighted by Gasteiger charge is -2.22. The highest BCUT2D eigenvalue weighted by molar-refractivity contribution is 7.12. The zero-order valence-electron chi connectivity index (χ0n) is 12.1. The first kappa shape index (κ1) is 15.9. The van der Waals surface area contributed by atoms with Gasteiger partial charge in [-0.05, 0) is 24.4 Å². The number of nitrogens with zero attached hydrogens (tertiary/aromatic N) is 1. The van der Waals surface area contributed by atoms with Crippen molar-refractivity contribution in [2.45, 2.75) is 13.0 Å². The maximum atomic E-state index is 12.5. The Morgan fingerprint density at radius 3 is 2.27 bits per heavy atom. The molecule has 0 bridgehead atoms. The van der Waals surface area contributed by atoms with Crippen LogP contribution in [0.4, 0.5) is 0 Å². The van der Waals surface area contributed by atoms with Crippen molar-refractivity contribution in [1.82, 2.24) is 4.90 Å². The summed E-state index contributed by atoms with van der Waals surface area (Å²) in [5.74, 6) is -1.83. The summed E-state index contributed by atoms with van der Waals surface area (Å²) in [7, 11) is 1.41. The predicted molar refractivity (Wildman–Crippen MR) is 83.4 cm³/mol. The van der Waals surface area contributed by atoms with E-state index in [1.807, 2.05) is 0 Å². The summed E-state index contributed by atoms with van der Waals surface area (Å²) in [5, 5.41) is 10.8. The second-order valence-electron chi connectivity index (χ2n) is 4.78. The average Bonchev–Trinajstić information content (AvgIpc) is 3.06. The van der Waals surface area contributed by atoms with Crippen molar-refractivity contribution in [2.75, 3.05) is 7.05 Å². The van der Waals surface area contributed by atoms with Gasteiger partial charge in [-0.2, -0.15) is 0 Å². The molecule has 0 saturated carbocycles. The van der Waals surface area contributed by atoms with Crippen molar-refractivity contribution in [3.8, 4) is 0 Å². The van der Waals surface area contributed by atoms with Gasteiger partial charge in [0.2, 0.25) is 5.78 Å². The van der Waals surface area contributed by atoms with E-state index in [-0.39, 0.29) is 16.9 Å². The molecule has 0 unspecified atom stereocenters. The van der Waals surface area contributed by atoms with Crippen molar-refractivity contribution < 1.29 is 19.5 Å². The van der Waals surface area contributed by atoms with E-state index >= 15 is 0 Å². The van der Waals surface area contributed by atoms with E-state index in [0.29, 0.717) is 4.88 Å². The number of benzene rings is 1. The minimum Gasteiger partial charge on any atom is -0.480 e. The molecule has 6 heteroatoms. The van der Waals surface area contributed by atoms with Crippen molar-refractivity contribution in [3.05, 3.63) is 57.8 Å². The highest BCUT2D eigenvalue weighted by Gasteiger charge is 2.26. The number of hydrogen-bond acceptors (Lipinski definition) is 4. The molecule has 0 fully saturated rings. The van der Waals surface area contributed by atoms with Crippen LogP contribution in [0.1, 0.15) is 32.5 Å². The SMILES string of the molecule is C[C@@H](C(=O)O)N(C)C(=O)c1ccccc1C(=O)c1cccs1. The number of likely N-dealkylation sites (N-methyl/N-ethyl adjacent to an activating group) is 1. The lowest BCUT2D eigenvalue weighted by molar-refractivity contribution is -0.141. The van der Waals surface area contributed by atoms with Gasteiger partial charge in [0, 0.05) is 12.6 Å². The highest BCUT2D eigenvalue weighted by atomic mass is 32.1. The topological polar surface area (TPSA) is 74.7 Å². The van der Waals surface area contributed by atoms with Gasteiger partial charge in [0.1, 0.15) is 6.04 Å². The zero-order valence-corrected chi connectivity index (χ0v) is 13.0. The quantitative estimate of drug-likeness (QED) is 0.860. The van der Waals surface area contributed by atoms with Gasteiger partial charge >= 0.3 is 5.97 Å². The van der Waals surface area contributed by atoms with Crippen LogP contribution >= 0.6 is 11.3 Å². The number of rotatable bonds is 5. The molecule has 2 aromatic rings. The second kappa shape index (κ2) is 6.53. The van der Waals surface area contributed by atoms with Crippen LogP contribution < -0.4 is 0 Å². The highest BCUT2D eigenvalue weighted by Crippen LogP contribution is 2.20. The molecule has 1 N–H and O–H groups in total. The van der Waals surface area contributed by atoms with Gasteiger partial charge in [-0.25, -0.2) is 4.79 Å². The minimum absolute atomic E-state index is 0.205. The molecular weight excluding hydrogens is 302 g/mol. The van der Waals surface area contributed by atoms with E-state index < -0.39 is 17.9 Å². The molecule has 5 nitrogen and oxygen atoms in total. The number of carboxylic acid groups (broad SMARTS) is 1. The van der Waals surface area contributed by atoms with Crippen LogP contribution in [0.2, 0.25) is 0 Å². The Kier molecular flexibility index (Phi) is 4.72. The van der Waals surface area contributed by atoms with Crippen LogP contribution in [0.3, 0.4) is 0 Å². The Balaban J connectivity index is 2.38. The van der Waals surface area contributed by atoms with Crippen molar-refractivity contribution in [3.63, 3.8) is 0 Å². The normalized spacial score (nSPS) is 11.7. The third kappa shape index (κ3) is 3.07. The van der Waals surface area contributed by atoms with Gasteiger partial charge in [0.05, 0.1) is 10.4 Å². The molecule has 0 aliphatic rings. The molecule has 0 saturated heterocycles. The monoisotopic (exact) mass is 317 g/mol. The number of aliphatic carboxylic acids is 1. The average molecular weight is 317 g/mol. The Morgan fingerprint density at radius 2 is 1.73 bits per heavy atom. The number of carboxylic acids is 1. The molecule has 0 radical (unpaired) electrons. The Hall–Kier alpha value is -2.47. The summed E-state index contributed by atoms with van der Waals surface area (Å²) >= 11 is 1.30. The molecule has 0 aliphatic heterocycles. The van der Waals surface area contributed by atoms with Crippen molar-refractivity contribution in [2.24, 2.45) is 0 Å². The summed E-state index contributed by atoms with van der Waals surface area (Å²) in [6.07, 6.45) is 0. The zero-order chi connectivity index (χ0) is 16.3. The number of amides is 1. The first-order valence-corrected chi connectivity index (χ1v) is 7.48. The third-order valence-corrected chi connectivity index (χ3v) is 4.27. The third-order valence-electron chi connectivity index (χ3n) is 3.41. The first-order valence-electron chi connectivity index (χ1n) is 6.60. The van der Waals surface area contributed by atoms with Gasteiger partial charge in [-0.3, -0.25) is 9.59 Å². The standard InChI is InChI=1S/C16H15NO4S/c1-10(16(20)21)17(2)15(19)12-7-4-3-6-11(12)14(18)13-8-5-9-22-13/h3-10H,1-2H3,(H,20,21)/t10-/m0/s1. The summed E-state index contributed by atoms with van der Waals surface area (Å²) in [5.41, 5.74) is 0.482. The first-order chi connectivity index (χ1) is 10.4. The van der Waals surface area contributed by atoms with E-state index in [0.717, 1.165) is 4.90 Å². The fourth-order valence-electron chi connectivity index (χ4n) is 1.94. The van der Waals surface area contributed by atoms with Crippen LogP contribution in [0.15, 0.2) is 41.8 Å². The number of ketones is 1. The van der Waals surface area contributed by atoms with Crippen molar-refractivity contribution in [1.29, 1.82) is 0 Å². The maximum Gasteiger partial charge on any atom is 0.326 e. The smallest absolute Gasteiger partial charge is 0.326 e. The summed E-state index contributed by atoms with van der Waals surface area (Å²) < 4.78 is 0. The van der Waals surface area contributed by atoms with Crippen LogP contribution in [0, 0.1) is 0 Å². The minimum atomic E-state index is -1.10. The molecule has 22 heavy (non-hydrogen) atoms. The molecule has 0 spiro atoms. The molecular formula is C16H15NO4S. The van der Waals surface area contributed by atoms with Crippen molar-refractivity contribution >= 4 is 29.0 Å².